The van der Waals surface area contributed by atoms with Gasteiger partial charge in [-0.2, -0.15) is 8.78 Å². The molecule has 1 saturated heterocycles. The van der Waals surface area contributed by atoms with Crippen LogP contribution < -0.4 is 10.5 Å². The lowest BCUT2D eigenvalue weighted by Gasteiger charge is -2.36. The Morgan fingerprint density at radius 3 is 2.48 bits per heavy atom. The van der Waals surface area contributed by atoms with Crippen LogP contribution in [0.1, 0.15) is 46.4 Å². The Balaban J connectivity index is 1.32. The van der Waals surface area contributed by atoms with Crippen LogP contribution in [0.15, 0.2) is 51.0 Å². The van der Waals surface area contributed by atoms with E-state index in [2.05, 4.69) is 0 Å². The second-order valence-corrected chi connectivity index (χ2v) is 12.3. The fourth-order valence-electron chi connectivity index (χ4n) is 5.30. The average Bonchev–Trinajstić information content (AvgIpc) is 3.68. The number of aromatic hydroxyl groups is 1. The SMILES string of the molecule is O=C(c1c(Sc2c(F)cccc2Cl)cc(C(F)(F)Cl)[nH]c1=O)N1Cc2cc(O)c(N3CCCN(C4CC4)C3=O)cc2C1. The quantitative estimate of drug-likeness (QED) is 0.311. The fourth-order valence-corrected chi connectivity index (χ4v) is 6.69. The number of hydrogen-bond acceptors (Lipinski definition) is 5. The number of rotatable bonds is 6. The van der Waals surface area contributed by atoms with Crippen molar-refractivity contribution in [1.29, 1.82) is 0 Å². The number of aromatic nitrogens is 1. The minimum absolute atomic E-state index is 0.00156. The van der Waals surface area contributed by atoms with E-state index in [9.17, 15) is 32.7 Å². The number of halogens is 5. The number of H-pyrrole nitrogens is 1. The Bertz CT molecular complexity index is 1660. The third-order valence-electron chi connectivity index (χ3n) is 7.49. The fraction of sp³-hybridized carbons (Fsp3) is 0.321. The van der Waals surface area contributed by atoms with Gasteiger partial charge in [0.1, 0.15) is 22.8 Å². The molecule has 2 N–H and O–H groups in total. The number of phenolic OH excluding ortho intramolecular Hbond substituents is 1. The van der Waals surface area contributed by atoms with E-state index in [1.165, 1.54) is 28.0 Å². The first-order valence-electron chi connectivity index (χ1n) is 13.1. The van der Waals surface area contributed by atoms with Crippen LogP contribution >= 0.6 is 35.0 Å². The van der Waals surface area contributed by atoms with E-state index in [0.717, 1.165) is 31.4 Å². The van der Waals surface area contributed by atoms with Crippen LogP contribution in [0.25, 0.3) is 0 Å². The Labute approximate surface area is 252 Å². The molecule has 3 heterocycles. The van der Waals surface area contributed by atoms with E-state index in [1.54, 1.807) is 6.07 Å². The first-order chi connectivity index (χ1) is 19.9. The number of alkyl halides is 3. The predicted octanol–water partition coefficient (Wildman–Crippen LogP) is 6.26. The van der Waals surface area contributed by atoms with Crippen LogP contribution in [0.3, 0.4) is 0 Å². The van der Waals surface area contributed by atoms with Crippen molar-refractivity contribution in [2.24, 2.45) is 0 Å². The van der Waals surface area contributed by atoms with Gasteiger partial charge in [0.25, 0.3) is 11.5 Å². The molecule has 3 aliphatic rings. The lowest BCUT2D eigenvalue weighted by Crippen LogP contribution is -2.50. The van der Waals surface area contributed by atoms with Crippen LogP contribution in [0.4, 0.5) is 23.7 Å². The highest BCUT2D eigenvalue weighted by Crippen LogP contribution is 2.41. The standard InChI is InChI=1S/C28H23Cl2F3N4O4S/c29-17-3-1-4-18(31)24(17)42-21-11-22(28(30,32)33)34-25(39)23(21)26(40)35-12-14-9-19(20(38)10-15(14)13-35)37-8-2-7-36(27(37)41)16-5-6-16/h1,3-4,9-11,16,38H,2,5-8,12-13H2,(H,34,39). The number of urea groups is 1. The van der Waals surface area contributed by atoms with Gasteiger partial charge in [-0.3, -0.25) is 14.5 Å². The van der Waals surface area contributed by atoms with Gasteiger partial charge in [0.05, 0.1) is 15.6 Å². The lowest BCUT2D eigenvalue weighted by molar-refractivity contribution is 0.0740. The molecule has 6 rings (SSSR count). The molecule has 2 aromatic carbocycles. The highest BCUT2D eigenvalue weighted by molar-refractivity contribution is 7.99. The molecule has 0 bridgehead atoms. The number of fused-ring (bicyclic) bond motifs is 1. The lowest BCUT2D eigenvalue weighted by atomic mass is 10.1. The number of pyridine rings is 1. The largest absolute Gasteiger partial charge is 0.506 e. The van der Waals surface area contributed by atoms with Gasteiger partial charge >= 0.3 is 11.4 Å². The molecule has 0 unspecified atom stereocenters. The molecule has 0 atom stereocenters. The van der Waals surface area contributed by atoms with Gasteiger partial charge < -0.3 is 19.9 Å². The van der Waals surface area contributed by atoms with Crippen LogP contribution in [-0.2, 0) is 18.5 Å². The van der Waals surface area contributed by atoms with Crippen LogP contribution in [0.2, 0.25) is 5.02 Å². The molecule has 3 amide bonds. The van der Waals surface area contributed by atoms with Crippen molar-refractivity contribution in [1.82, 2.24) is 14.8 Å². The number of carbonyl (C=O) groups is 2. The van der Waals surface area contributed by atoms with Gasteiger partial charge in [-0.05, 0) is 72.3 Å². The summed E-state index contributed by atoms with van der Waals surface area (Å²) in [5.74, 6) is -1.69. The number of phenols is 1. The summed E-state index contributed by atoms with van der Waals surface area (Å²) < 4.78 is 42.6. The third kappa shape index (κ3) is 5.31. The van der Waals surface area contributed by atoms with Gasteiger partial charge in [-0.25, -0.2) is 9.18 Å². The van der Waals surface area contributed by atoms with E-state index < -0.39 is 33.9 Å². The molecule has 42 heavy (non-hydrogen) atoms. The van der Waals surface area contributed by atoms with E-state index in [4.69, 9.17) is 23.2 Å². The maximum Gasteiger partial charge on any atom is 0.362 e. The van der Waals surface area contributed by atoms with Gasteiger partial charge in [-0.1, -0.05) is 29.4 Å². The Kier molecular flexibility index (Phi) is 7.35. The second-order valence-electron chi connectivity index (χ2n) is 10.4. The summed E-state index contributed by atoms with van der Waals surface area (Å²) in [7, 11) is 0. The average molecular weight is 639 g/mol. The molecule has 2 aliphatic heterocycles. The van der Waals surface area contributed by atoms with Crippen molar-refractivity contribution in [3.05, 3.63) is 80.0 Å². The summed E-state index contributed by atoms with van der Waals surface area (Å²) in [4.78, 5) is 46.1. The van der Waals surface area contributed by atoms with Crippen molar-refractivity contribution < 1.29 is 27.9 Å². The molecule has 8 nitrogen and oxygen atoms in total. The summed E-state index contributed by atoms with van der Waals surface area (Å²) in [5, 5.41) is 6.83. The number of benzene rings is 2. The van der Waals surface area contributed by atoms with Gasteiger partial charge in [0, 0.05) is 37.1 Å². The van der Waals surface area contributed by atoms with Gasteiger partial charge in [-0.15, -0.1) is 0 Å². The summed E-state index contributed by atoms with van der Waals surface area (Å²) in [5.41, 5.74) is -1.01. The maximum absolute atomic E-state index is 14.6. The monoisotopic (exact) mass is 638 g/mol. The zero-order valence-electron chi connectivity index (χ0n) is 21.8. The van der Waals surface area contributed by atoms with E-state index in [-0.39, 0.29) is 45.7 Å². The normalized spacial score (nSPS) is 17.2. The summed E-state index contributed by atoms with van der Waals surface area (Å²) >= 11 is 11.8. The molecule has 1 saturated carbocycles. The molecule has 14 heteroatoms. The Hall–Kier alpha value is -3.35. The number of nitrogens with one attached hydrogen (secondary N) is 1. The number of nitrogens with zero attached hydrogens (tertiary/aromatic N) is 3. The highest BCUT2D eigenvalue weighted by Gasteiger charge is 2.39. The van der Waals surface area contributed by atoms with Crippen molar-refractivity contribution in [2.45, 2.75) is 53.6 Å². The van der Waals surface area contributed by atoms with E-state index >= 15 is 0 Å². The minimum Gasteiger partial charge on any atom is -0.506 e. The first kappa shape index (κ1) is 28.8. The van der Waals surface area contributed by atoms with Crippen LogP contribution in [-0.4, -0.2) is 51.0 Å². The summed E-state index contributed by atoms with van der Waals surface area (Å²) in [6, 6.07) is 7.86. The van der Waals surface area contributed by atoms with Crippen molar-refractivity contribution >= 4 is 52.6 Å². The molecule has 1 aromatic heterocycles. The molecule has 220 valence electrons. The van der Waals surface area contributed by atoms with Crippen LogP contribution in [0, 0.1) is 5.82 Å². The number of amides is 3. The van der Waals surface area contributed by atoms with Gasteiger partial charge in [0.2, 0.25) is 0 Å². The van der Waals surface area contributed by atoms with Crippen molar-refractivity contribution in [2.75, 3.05) is 18.0 Å². The molecule has 3 aromatic rings. The molecular formula is C28H23Cl2F3N4O4S. The molecular weight excluding hydrogens is 616 g/mol. The zero-order valence-corrected chi connectivity index (χ0v) is 24.1. The smallest absolute Gasteiger partial charge is 0.362 e. The zero-order chi connectivity index (χ0) is 29.9. The van der Waals surface area contributed by atoms with E-state index in [0.29, 0.717) is 41.7 Å². The number of carbonyl (C=O) groups excluding carboxylic acids is 2. The molecule has 0 spiro atoms. The van der Waals surface area contributed by atoms with Gasteiger partial charge in [0.15, 0.2) is 0 Å². The number of aromatic amines is 1. The first-order valence-corrected chi connectivity index (χ1v) is 14.7. The van der Waals surface area contributed by atoms with E-state index in [1.807, 2.05) is 9.88 Å². The molecule has 0 radical (unpaired) electrons. The number of hydrogen-bond donors (Lipinski definition) is 2. The van der Waals surface area contributed by atoms with Crippen LogP contribution in [0.5, 0.6) is 5.75 Å². The molecule has 2 fully saturated rings. The number of anilines is 1. The summed E-state index contributed by atoms with van der Waals surface area (Å²) in [6.07, 6.45) is 2.66. The topological polar surface area (TPSA) is 96.9 Å². The predicted molar refractivity (Wildman–Crippen MR) is 151 cm³/mol. The highest BCUT2D eigenvalue weighted by atomic mass is 35.5. The summed E-state index contributed by atoms with van der Waals surface area (Å²) in [6.45, 7) is 1.12. The second kappa shape index (κ2) is 10.7. The third-order valence-corrected chi connectivity index (χ3v) is 9.28. The van der Waals surface area contributed by atoms with Crippen molar-refractivity contribution in [3.8, 4) is 5.75 Å². The van der Waals surface area contributed by atoms with Crippen molar-refractivity contribution in [3.63, 3.8) is 0 Å². The maximum atomic E-state index is 14.6. The Morgan fingerprint density at radius 2 is 1.81 bits per heavy atom. The Morgan fingerprint density at radius 1 is 1.10 bits per heavy atom. The molecule has 1 aliphatic carbocycles. The minimum atomic E-state index is -3.96.